The Morgan fingerprint density at radius 2 is 1.59 bits per heavy atom. The maximum Gasteiger partial charge on any atom is 0.340 e. The second kappa shape index (κ2) is 10.1. The maximum absolute atomic E-state index is 13.8. The molecule has 0 aliphatic heterocycles. The van der Waals surface area contributed by atoms with Crippen LogP contribution in [0.2, 0.25) is 20.1 Å². The average Bonchev–Trinajstić information content (AvgIpc) is 3.19. The number of carbonyl (C=O) groups excluding carboxylic acids is 1. The van der Waals surface area contributed by atoms with Gasteiger partial charge in [0.05, 0.1) is 31.7 Å². The van der Waals surface area contributed by atoms with E-state index in [2.05, 4.69) is 0 Å². The zero-order valence-electron chi connectivity index (χ0n) is 19.8. The van der Waals surface area contributed by atoms with E-state index in [-0.39, 0.29) is 47.3 Å². The fraction of sp³-hybridized carbons (Fsp3) is 0.192. The van der Waals surface area contributed by atoms with Gasteiger partial charge in [0, 0.05) is 21.0 Å². The fourth-order valence-corrected chi connectivity index (χ4v) is 6.59. The summed E-state index contributed by atoms with van der Waals surface area (Å²) in [5.74, 6) is -0.727. The van der Waals surface area contributed by atoms with Gasteiger partial charge in [-0.1, -0.05) is 64.6 Å². The van der Waals surface area contributed by atoms with Crippen LogP contribution in [-0.2, 0) is 14.8 Å². The van der Waals surface area contributed by atoms with E-state index in [0.29, 0.717) is 5.39 Å². The second-order valence-corrected chi connectivity index (χ2v) is 12.6. The molecule has 1 atom stereocenters. The van der Waals surface area contributed by atoms with E-state index in [1.807, 2.05) is 0 Å². The van der Waals surface area contributed by atoms with Crippen molar-refractivity contribution in [2.45, 2.75) is 37.4 Å². The lowest BCUT2D eigenvalue weighted by Gasteiger charge is -2.22. The summed E-state index contributed by atoms with van der Waals surface area (Å²) in [6, 6.07) is 14.8. The Morgan fingerprint density at radius 3 is 2.22 bits per heavy atom. The van der Waals surface area contributed by atoms with E-state index in [4.69, 9.17) is 51.1 Å². The molecule has 0 aliphatic carbocycles. The highest BCUT2D eigenvalue weighted by Gasteiger charge is 2.32. The van der Waals surface area contributed by atoms with E-state index in [1.54, 1.807) is 39.0 Å². The Labute approximate surface area is 234 Å². The molecule has 3 aromatic carbocycles. The van der Waals surface area contributed by atoms with Crippen molar-refractivity contribution in [3.8, 4) is 0 Å². The first-order chi connectivity index (χ1) is 17.2. The Hall–Kier alpha value is -2.26. The van der Waals surface area contributed by atoms with Gasteiger partial charge < -0.3 is 9.84 Å². The summed E-state index contributed by atoms with van der Waals surface area (Å²) < 4.78 is 34.0. The van der Waals surface area contributed by atoms with Gasteiger partial charge in [-0.05, 0) is 63.2 Å². The highest BCUT2D eigenvalue weighted by atomic mass is 35.5. The molecule has 11 heteroatoms. The van der Waals surface area contributed by atoms with Gasteiger partial charge in [-0.3, -0.25) is 0 Å². The summed E-state index contributed by atoms with van der Waals surface area (Å²) in [7, 11) is -4.25. The number of aliphatic hydroxyl groups is 1. The number of rotatable bonds is 5. The monoisotopic (exact) mass is 599 g/mol. The Morgan fingerprint density at radius 1 is 0.946 bits per heavy atom. The van der Waals surface area contributed by atoms with Crippen LogP contribution < -0.4 is 0 Å². The van der Waals surface area contributed by atoms with Gasteiger partial charge in [0.2, 0.25) is 0 Å². The summed E-state index contributed by atoms with van der Waals surface area (Å²) >= 11 is 25.6. The summed E-state index contributed by atoms with van der Waals surface area (Å²) in [6.07, 6.45) is -1.68. The first-order valence-corrected chi connectivity index (χ1v) is 13.9. The minimum absolute atomic E-state index is 0.0165. The van der Waals surface area contributed by atoms with Crippen molar-refractivity contribution < 1.29 is 23.1 Å². The number of hydrogen-bond donors (Lipinski definition) is 1. The molecule has 4 aromatic rings. The third-order valence-corrected chi connectivity index (χ3v) is 8.42. The molecular weight excluding hydrogens is 580 g/mol. The van der Waals surface area contributed by atoms with E-state index in [9.17, 15) is 18.3 Å². The first-order valence-electron chi connectivity index (χ1n) is 10.9. The van der Waals surface area contributed by atoms with Crippen molar-refractivity contribution in [3.05, 3.63) is 97.6 Å². The number of hydrogen-bond acceptors (Lipinski definition) is 5. The van der Waals surface area contributed by atoms with Crippen molar-refractivity contribution >= 4 is 73.3 Å². The smallest absolute Gasteiger partial charge is 0.340 e. The Kier molecular flexibility index (Phi) is 7.60. The minimum Gasteiger partial charge on any atom is -0.456 e. The summed E-state index contributed by atoms with van der Waals surface area (Å²) in [6.45, 7) is 5.10. The van der Waals surface area contributed by atoms with Gasteiger partial charge in [0.1, 0.15) is 11.7 Å². The highest BCUT2D eigenvalue weighted by molar-refractivity contribution is 7.90. The summed E-state index contributed by atoms with van der Waals surface area (Å²) in [4.78, 5) is 12.7. The molecule has 0 fully saturated rings. The van der Waals surface area contributed by atoms with E-state index in [1.165, 1.54) is 42.5 Å². The zero-order valence-corrected chi connectivity index (χ0v) is 23.6. The van der Waals surface area contributed by atoms with E-state index in [0.717, 1.165) is 3.97 Å². The van der Waals surface area contributed by atoms with Gasteiger partial charge in [-0.15, -0.1) is 0 Å². The molecule has 0 aliphatic rings. The number of fused-ring (bicyclic) bond motifs is 1. The van der Waals surface area contributed by atoms with Crippen LogP contribution in [0.1, 0.15) is 48.5 Å². The molecule has 1 N–H and O–H groups in total. The van der Waals surface area contributed by atoms with Crippen LogP contribution >= 0.6 is 46.4 Å². The SMILES string of the molecule is CC(C)(C)OC(=O)c1ccc(Cl)c(C(O)c2cc3c(Cl)cc(Cl)cc3n2S(=O)(=O)c2ccccc2)c1Cl. The normalized spacial score (nSPS) is 13.1. The van der Waals surface area contributed by atoms with Crippen LogP contribution in [0.15, 0.2) is 65.6 Å². The predicted molar refractivity (Wildman–Crippen MR) is 147 cm³/mol. The standard InChI is InChI=1S/C26H21Cl4NO5S/c1-26(2,3)36-25(33)16-9-10-18(28)22(23(16)30)24(32)21-13-17-19(29)11-14(27)12-20(17)31(21)37(34,35)15-7-5-4-6-8-15/h4-13,24,32H,1-3H3. The lowest BCUT2D eigenvalue weighted by atomic mass is 10.0. The molecule has 0 saturated heterocycles. The predicted octanol–water partition coefficient (Wildman–Crippen LogP) is 7.53. The summed E-state index contributed by atoms with van der Waals surface area (Å²) in [5.41, 5.74) is -0.865. The first kappa shape index (κ1) is 27.8. The molecule has 1 heterocycles. The molecule has 0 amide bonds. The van der Waals surface area contributed by atoms with Crippen molar-refractivity contribution in [2.75, 3.05) is 0 Å². The number of esters is 1. The molecule has 1 unspecified atom stereocenters. The van der Waals surface area contributed by atoms with Gasteiger partial charge in [0.25, 0.3) is 10.0 Å². The molecule has 0 saturated carbocycles. The van der Waals surface area contributed by atoms with E-state index >= 15 is 0 Å². The van der Waals surface area contributed by atoms with Gasteiger partial charge in [0.15, 0.2) is 0 Å². The van der Waals surface area contributed by atoms with Gasteiger partial charge in [-0.25, -0.2) is 17.2 Å². The van der Waals surface area contributed by atoms with E-state index < -0.39 is 27.7 Å². The number of benzene rings is 3. The van der Waals surface area contributed by atoms with Crippen LogP contribution in [0.5, 0.6) is 0 Å². The molecule has 0 spiro atoms. The number of ether oxygens (including phenoxy) is 1. The fourth-order valence-electron chi connectivity index (χ4n) is 3.84. The third kappa shape index (κ3) is 5.35. The number of aromatic nitrogens is 1. The lowest BCUT2D eigenvalue weighted by molar-refractivity contribution is 0.00695. The second-order valence-electron chi connectivity index (χ2n) is 9.20. The molecule has 194 valence electrons. The lowest BCUT2D eigenvalue weighted by Crippen LogP contribution is -2.24. The molecule has 37 heavy (non-hydrogen) atoms. The molecule has 0 radical (unpaired) electrons. The largest absolute Gasteiger partial charge is 0.456 e. The Bertz CT molecular complexity index is 1630. The topological polar surface area (TPSA) is 85.6 Å². The third-order valence-electron chi connectivity index (χ3n) is 5.40. The molecule has 6 nitrogen and oxygen atoms in total. The molecule has 1 aromatic heterocycles. The quantitative estimate of drug-likeness (QED) is 0.239. The number of nitrogens with zero attached hydrogens (tertiary/aromatic N) is 1. The van der Waals surface area contributed by atoms with Crippen molar-refractivity contribution in [3.63, 3.8) is 0 Å². The van der Waals surface area contributed by atoms with Gasteiger partial charge >= 0.3 is 5.97 Å². The minimum atomic E-state index is -4.25. The Balaban J connectivity index is 1.99. The average molecular weight is 601 g/mol. The van der Waals surface area contributed by atoms with Crippen LogP contribution in [0.25, 0.3) is 10.9 Å². The van der Waals surface area contributed by atoms with Crippen molar-refractivity contribution in [1.29, 1.82) is 0 Å². The van der Waals surface area contributed by atoms with Crippen LogP contribution in [0.3, 0.4) is 0 Å². The summed E-state index contributed by atoms with van der Waals surface area (Å²) in [5, 5.41) is 12.1. The number of aliphatic hydroxyl groups excluding tert-OH is 1. The van der Waals surface area contributed by atoms with Crippen LogP contribution in [-0.4, -0.2) is 29.1 Å². The highest BCUT2D eigenvalue weighted by Crippen LogP contribution is 2.41. The molecule has 4 rings (SSSR count). The van der Waals surface area contributed by atoms with Crippen LogP contribution in [0.4, 0.5) is 0 Å². The zero-order chi connectivity index (χ0) is 27.3. The van der Waals surface area contributed by atoms with Crippen molar-refractivity contribution in [1.82, 2.24) is 3.97 Å². The van der Waals surface area contributed by atoms with Crippen LogP contribution in [0, 0.1) is 0 Å². The van der Waals surface area contributed by atoms with Crippen molar-refractivity contribution in [2.24, 2.45) is 0 Å². The maximum atomic E-state index is 13.8. The van der Waals surface area contributed by atoms with Gasteiger partial charge in [-0.2, -0.15) is 0 Å². The molecular formula is C26H21Cl4NO5S. The number of halogens is 4. The molecule has 0 bridgehead atoms. The number of carbonyl (C=O) groups is 1.